The number of Topliss-reactive ketones (excluding diaryl/α,β-unsaturated/α-hetero) is 1. The van der Waals surface area contributed by atoms with Crippen molar-refractivity contribution in [2.75, 3.05) is 0 Å². The van der Waals surface area contributed by atoms with Crippen molar-refractivity contribution in [3.63, 3.8) is 0 Å². The number of rotatable bonds is 0. The van der Waals surface area contributed by atoms with Gasteiger partial charge in [-0.3, -0.25) is 4.79 Å². The monoisotopic (exact) mass is 304 g/mol. The average Bonchev–Trinajstić information content (AvgIpc) is 2.77. The number of aliphatic hydroxyl groups is 1. The van der Waals surface area contributed by atoms with Crippen LogP contribution in [0, 0.1) is 40.4 Å². The molecule has 0 aromatic heterocycles. The lowest BCUT2D eigenvalue weighted by Crippen LogP contribution is -2.56. The van der Waals surface area contributed by atoms with Crippen molar-refractivity contribution in [3.05, 3.63) is 0 Å². The quantitative estimate of drug-likeness (QED) is 0.728. The first kappa shape index (κ1) is 15.2. The summed E-state index contributed by atoms with van der Waals surface area (Å²) < 4.78 is 0. The van der Waals surface area contributed by atoms with Crippen LogP contribution in [0.2, 0.25) is 0 Å². The van der Waals surface area contributed by atoms with Crippen LogP contribution < -0.4 is 0 Å². The summed E-state index contributed by atoms with van der Waals surface area (Å²) in [5.41, 5.74) is 0.545. The van der Waals surface area contributed by atoms with Crippen molar-refractivity contribution < 1.29 is 9.90 Å². The van der Waals surface area contributed by atoms with Crippen LogP contribution in [0.1, 0.15) is 72.1 Å². The maximum absolute atomic E-state index is 12.1. The second-order valence-electron chi connectivity index (χ2n) is 9.50. The van der Waals surface area contributed by atoms with Gasteiger partial charge in [-0.2, -0.15) is 0 Å². The molecule has 4 aliphatic rings. The number of fused-ring (bicyclic) bond motifs is 5. The molecule has 0 radical (unpaired) electrons. The third kappa shape index (κ3) is 1.79. The summed E-state index contributed by atoms with van der Waals surface area (Å²) in [7, 11) is 0. The zero-order valence-electron chi connectivity index (χ0n) is 14.5. The molecule has 1 N–H and O–H groups in total. The summed E-state index contributed by atoms with van der Waals surface area (Å²) in [6.07, 6.45) is 8.84. The topological polar surface area (TPSA) is 37.3 Å². The lowest BCUT2D eigenvalue weighted by Gasteiger charge is -2.62. The van der Waals surface area contributed by atoms with Gasteiger partial charge in [0.05, 0.1) is 6.10 Å². The van der Waals surface area contributed by atoms with Crippen molar-refractivity contribution >= 4 is 5.78 Å². The predicted molar refractivity (Wildman–Crippen MR) is 87.3 cm³/mol. The summed E-state index contributed by atoms with van der Waals surface area (Å²) in [4.78, 5) is 12.1. The predicted octanol–water partition coefficient (Wildman–Crippen LogP) is 4.21. The van der Waals surface area contributed by atoms with Crippen LogP contribution in [0.4, 0.5) is 0 Å². The van der Waals surface area contributed by atoms with Crippen LogP contribution in [0.25, 0.3) is 0 Å². The van der Waals surface area contributed by atoms with E-state index in [1.165, 1.54) is 32.1 Å². The third-order valence-corrected chi connectivity index (χ3v) is 8.98. The largest absolute Gasteiger partial charge is 0.393 e. The molecule has 0 unspecified atom stereocenters. The number of aliphatic hydroxyl groups excluding tert-OH is 1. The summed E-state index contributed by atoms with van der Waals surface area (Å²) >= 11 is 0. The lowest BCUT2D eigenvalue weighted by atomic mass is 9.43. The van der Waals surface area contributed by atoms with E-state index in [0.29, 0.717) is 23.0 Å². The van der Waals surface area contributed by atoms with E-state index in [-0.39, 0.29) is 11.5 Å². The highest BCUT2D eigenvalue weighted by atomic mass is 16.3. The summed E-state index contributed by atoms with van der Waals surface area (Å²) in [5.74, 6) is 3.99. The lowest BCUT2D eigenvalue weighted by molar-refractivity contribution is -0.154. The molecule has 4 aliphatic carbocycles. The molecule has 0 aromatic carbocycles. The molecule has 0 amide bonds. The first-order valence-corrected chi connectivity index (χ1v) is 9.57. The van der Waals surface area contributed by atoms with Gasteiger partial charge in [0.15, 0.2) is 0 Å². The SMILES string of the molecule is C[C@@H]1CC(=O)C[C@H]2CC[C@@H]3[C@H]4CC[C@@H](O)[C@]4(C)CC[C@H]3[C@@]21C. The summed E-state index contributed by atoms with van der Waals surface area (Å²) in [6.45, 7) is 7.21. The van der Waals surface area contributed by atoms with Crippen molar-refractivity contribution in [2.45, 2.75) is 78.2 Å². The number of hydrogen-bond acceptors (Lipinski definition) is 2. The third-order valence-electron chi connectivity index (χ3n) is 8.98. The zero-order chi connectivity index (χ0) is 15.7. The maximum atomic E-state index is 12.1. The molecule has 8 atom stereocenters. The second-order valence-corrected chi connectivity index (χ2v) is 9.50. The minimum absolute atomic E-state index is 0.0747. The Bertz CT molecular complexity index is 486. The molecule has 2 heteroatoms. The van der Waals surface area contributed by atoms with Gasteiger partial charge in [-0.1, -0.05) is 20.8 Å². The van der Waals surface area contributed by atoms with E-state index < -0.39 is 0 Å². The first-order chi connectivity index (χ1) is 10.4. The molecule has 0 spiro atoms. The maximum Gasteiger partial charge on any atom is 0.133 e. The van der Waals surface area contributed by atoms with Crippen LogP contribution >= 0.6 is 0 Å². The summed E-state index contributed by atoms with van der Waals surface area (Å²) in [6, 6.07) is 0. The van der Waals surface area contributed by atoms with Gasteiger partial charge >= 0.3 is 0 Å². The van der Waals surface area contributed by atoms with Gasteiger partial charge < -0.3 is 5.11 Å². The minimum atomic E-state index is -0.0747. The fraction of sp³-hybridized carbons (Fsp3) is 0.950. The molecule has 0 bridgehead atoms. The van der Waals surface area contributed by atoms with E-state index in [9.17, 15) is 9.90 Å². The number of carbonyl (C=O) groups is 1. The van der Waals surface area contributed by atoms with Gasteiger partial charge in [0.1, 0.15) is 5.78 Å². The smallest absolute Gasteiger partial charge is 0.133 e. The van der Waals surface area contributed by atoms with Gasteiger partial charge in [-0.25, -0.2) is 0 Å². The number of carbonyl (C=O) groups excluding carboxylic acids is 1. The fourth-order valence-electron chi connectivity index (χ4n) is 7.45. The second kappa shape index (κ2) is 4.82. The molecule has 2 nitrogen and oxygen atoms in total. The Hall–Kier alpha value is -0.370. The molecule has 0 aliphatic heterocycles. The Balaban J connectivity index is 1.67. The molecule has 124 valence electrons. The van der Waals surface area contributed by atoms with Crippen molar-refractivity contribution in [3.8, 4) is 0 Å². The molecule has 0 saturated heterocycles. The van der Waals surface area contributed by atoms with Gasteiger partial charge in [0.25, 0.3) is 0 Å². The zero-order valence-corrected chi connectivity index (χ0v) is 14.5. The molecule has 4 saturated carbocycles. The first-order valence-electron chi connectivity index (χ1n) is 9.57. The molecule has 0 aromatic rings. The normalized spacial score (nSPS) is 57.9. The highest BCUT2D eigenvalue weighted by molar-refractivity contribution is 5.80. The van der Waals surface area contributed by atoms with Crippen LogP contribution in [-0.4, -0.2) is 17.0 Å². The van der Waals surface area contributed by atoms with Gasteiger partial charge in [0.2, 0.25) is 0 Å². The molecule has 22 heavy (non-hydrogen) atoms. The Morgan fingerprint density at radius 1 is 1.00 bits per heavy atom. The van der Waals surface area contributed by atoms with Crippen LogP contribution in [0.15, 0.2) is 0 Å². The molecule has 0 heterocycles. The van der Waals surface area contributed by atoms with Gasteiger partial charge in [-0.15, -0.1) is 0 Å². The van der Waals surface area contributed by atoms with Crippen LogP contribution in [-0.2, 0) is 4.79 Å². The number of hydrogen-bond donors (Lipinski definition) is 1. The Morgan fingerprint density at radius 2 is 1.77 bits per heavy atom. The van der Waals surface area contributed by atoms with Gasteiger partial charge in [-0.05, 0) is 78.9 Å². The molecular weight excluding hydrogens is 272 g/mol. The van der Waals surface area contributed by atoms with E-state index >= 15 is 0 Å². The molecule has 4 fully saturated rings. The van der Waals surface area contributed by atoms with E-state index in [4.69, 9.17) is 0 Å². The van der Waals surface area contributed by atoms with Crippen molar-refractivity contribution in [1.29, 1.82) is 0 Å². The van der Waals surface area contributed by atoms with E-state index in [0.717, 1.165) is 37.0 Å². The van der Waals surface area contributed by atoms with E-state index in [1.54, 1.807) is 0 Å². The standard InChI is InChI=1S/C20H32O2/c1-12-10-14(21)11-13-4-5-15-16-6-7-18(22)19(16,2)9-8-17(15)20(12,13)3/h12-13,15-18,22H,4-11H2,1-3H3/t12-,13-,15-,16-,17-,18-,19-,20-/m1/s1. The fourth-order valence-corrected chi connectivity index (χ4v) is 7.45. The Labute approximate surface area is 135 Å². The highest BCUT2D eigenvalue weighted by Gasteiger charge is 2.61. The highest BCUT2D eigenvalue weighted by Crippen LogP contribution is 2.66. The molecule has 4 rings (SSSR count). The van der Waals surface area contributed by atoms with Crippen LogP contribution in [0.3, 0.4) is 0 Å². The van der Waals surface area contributed by atoms with Crippen molar-refractivity contribution in [1.82, 2.24) is 0 Å². The van der Waals surface area contributed by atoms with E-state index in [1.807, 2.05) is 0 Å². The molecular formula is C20H32O2. The van der Waals surface area contributed by atoms with Crippen molar-refractivity contribution in [2.24, 2.45) is 40.4 Å². The number of ketones is 1. The van der Waals surface area contributed by atoms with Gasteiger partial charge in [0, 0.05) is 12.8 Å². The minimum Gasteiger partial charge on any atom is -0.393 e. The Kier molecular flexibility index (Phi) is 3.32. The van der Waals surface area contributed by atoms with Crippen LogP contribution in [0.5, 0.6) is 0 Å². The Morgan fingerprint density at radius 3 is 2.55 bits per heavy atom. The van der Waals surface area contributed by atoms with E-state index in [2.05, 4.69) is 20.8 Å². The summed E-state index contributed by atoms with van der Waals surface area (Å²) in [5, 5.41) is 10.5. The average molecular weight is 304 g/mol.